The van der Waals surface area contributed by atoms with E-state index in [1.54, 1.807) is 0 Å². The Morgan fingerprint density at radius 2 is 1.49 bits per heavy atom. The van der Waals surface area contributed by atoms with Crippen LogP contribution in [0.4, 0.5) is 0 Å². The monoisotopic (exact) mass is 606 g/mol. The maximum atomic E-state index is 11.6. The molecule has 8 heteroatoms. The van der Waals surface area contributed by atoms with Gasteiger partial charge in [-0.15, -0.1) is 0 Å². The molecule has 0 amide bonds. The van der Waals surface area contributed by atoms with Crippen molar-refractivity contribution in [3.05, 3.63) is 24.3 Å². The molecule has 3 aliphatic heterocycles. The molecule has 4 aliphatic rings. The van der Waals surface area contributed by atoms with E-state index in [0.29, 0.717) is 12.8 Å². The second-order valence-electron chi connectivity index (χ2n) is 12.6. The molecule has 0 aromatic heterocycles. The molecule has 8 atom stereocenters. The van der Waals surface area contributed by atoms with Crippen LogP contribution in [-0.4, -0.2) is 70.1 Å². The number of hydrogen-bond donors (Lipinski definition) is 0. The molecule has 1 saturated carbocycles. The van der Waals surface area contributed by atoms with Gasteiger partial charge in [0.1, 0.15) is 0 Å². The Kier molecular flexibility index (Phi) is 16.1. The normalized spacial score (nSPS) is 32.8. The molecule has 3 heterocycles. The Balaban J connectivity index is 1.51. The second-order valence-corrected chi connectivity index (χ2v) is 12.6. The van der Waals surface area contributed by atoms with Gasteiger partial charge in [0, 0.05) is 38.6 Å². The third-order valence-electron chi connectivity index (χ3n) is 9.22. The van der Waals surface area contributed by atoms with E-state index >= 15 is 0 Å². The first kappa shape index (κ1) is 34.6. The molecule has 3 saturated heterocycles. The molecular weight excluding hydrogens is 548 g/mol. The lowest BCUT2D eigenvalue weighted by molar-refractivity contribution is -0.203. The predicted molar refractivity (Wildman–Crippen MR) is 165 cm³/mol. The fraction of sp³-hybridized carbons (Fsp3) is 0.857. The molecule has 0 N–H and O–H groups in total. The lowest BCUT2D eigenvalue weighted by atomic mass is 9.89. The first-order valence-electron chi connectivity index (χ1n) is 17.4. The number of rotatable bonds is 17. The standard InChI is InChI=1S/C35H58O8/c1-3-4-6-15-27(41-33-18-9-12-23-38-33)21-22-29-28(16-7-5-8-17-32(36)37-2)30(42-34-19-10-13-24-39-34)26-31(29)43-35-20-11-14-25-40-35/h5,7,21-22,27-31,33-35H,3-4,6,8-20,23-26H2,1-2H3/b7-5-,22-21+/t27-,28+,29+,30-,31+,33?,34?,35?/m0/s1. The third-order valence-corrected chi connectivity index (χ3v) is 9.22. The van der Waals surface area contributed by atoms with Gasteiger partial charge < -0.3 is 33.2 Å². The van der Waals surface area contributed by atoms with E-state index < -0.39 is 0 Å². The summed E-state index contributed by atoms with van der Waals surface area (Å²) in [5.41, 5.74) is 0. The van der Waals surface area contributed by atoms with Crippen LogP contribution in [0.15, 0.2) is 24.3 Å². The van der Waals surface area contributed by atoms with Crippen LogP contribution in [0.2, 0.25) is 0 Å². The zero-order valence-electron chi connectivity index (χ0n) is 26.8. The molecule has 0 radical (unpaired) electrons. The summed E-state index contributed by atoms with van der Waals surface area (Å²) in [6, 6.07) is 0. The average Bonchev–Trinajstić information content (AvgIpc) is 3.35. The summed E-state index contributed by atoms with van der Waals surface area (Å²) >= 11 is 0. The number of carbonyl (C=O) groups is 1. The van der Waals surface area contributed by atoms with E-state index in [4.69, 9.17) is 33.2 Å². The third kappa shape index (κ3) is 12.2. The van der Waals surface area contributed by atoms with Crippen molar-refractivity contribution in [1.82, 2.24) is 0 Å². The molecule has 0 aromatic rings. The van der Waals surface area contributed by atoms with Gasteiger partial charge in [0.05, 0.1) is 25.4 Å². The van der Waals surface area contributed by atoms with Crippen LogP contribution >= 0.6 is 0 Å². The summed E-state index contributed by atoms with van der Waals surface area (Å²) in [4.78, 5) is 11.6. The molecule has 0 spiro atoms. The summed E-state index contributed by atoms with van der Waals surface area (Å²) in [5.74, 6) is 0.180. The van der Waals surface area contributed by atoms with Gasteiger partial charge in [-0.3, -0.25) is 4.79 Å². The van der Waals surface area contributed by atoms with Crippen molar-refractivity contribution in [2.24, 2.45) is 11.8 Å². The molecular formula is C35H58O8. The summed E-state index contributed by atoms with van der Waals surface area (Å²) in [5, 5.41) is 0. The Morgan fingerprint density at radius 1 is 0.837 bits per heavy atom. The Hall–Kier alpha value is -1.29. The SMILES string of the molecule is CCCCC[C@@H](/C=C/[C@@H]1[C@@H](C/C=C\CCC(=O)OC)[C@@H](OC2CCCCO2)C[C@H]1OC1CCCCO1)OC1CCCCO1. The number of esters is 1. The highest BCUT2D eigenvalue weighted by atomic mass is 16.7. The molecule has 4 fully saturated rings. The van der Waals surface area contributed by atoms with E-state index in [1.807, 2.05) is 0 Å². The van der Waals surface area contributed by atoms with Crippen LogP contribution in [0.1, 0.15) is 116 Å². The lowest BCUT2D eigenvalue weighted by Crippen LogP contribution is -2.31. The topological polar surface area (TPSA) is 81.7 Å². The molecule has 0 bridgehead atoms. The van der Waals surface area contributed by atoms with Crippen molar-refractivity contribution in [2.45, 2.75) is 153 Å². The van der Waals surface area contributed by atoms with Crippen molar-refractivity contribution in [3.8, 4) is 0 Å². The van der Waals surface area contributed by atoms with Gasteiger partial charge in [-0.05, 0) is 83.0 Å². The van der Waals surface area contributed by atoms with Gasteiger partial charge in [-0.25, -0.2) is 0 Å². The Labute approximate surface area is 260 Å². The van der Waals surface area contributed by atoms with Gasteiger partial charge in [-0.2, -0.15) is 0 Å². The minimum atomic E-state index is -0.181. The molecule has 0 aromatic carbocycles. The Bertz CT molecular complexity index is 813. The zero-order chi connectivity index (χ0) is 30.1. The van der Waals surface area contributed by atoms with Crippen LogP contribution < -0.4 is 0 Å². The minimum Gasteiger partial charge on any atom is -0.469 e. The largest absolute Gasteiger partial charge is 0.469 e. The molecule has 3 unspecified atom stereocenters. The fourth-order valence-corrected chi connectivity index (χ4v) is 6.73. The predicted octanol–water partition coefficient (Wildman–Crippen LogP) is 7.39. The number of allylic oxidation sites excluding steroid dienone is 2. The van der Waals surface area contributed by atoms with Crippen molar-refractivity contribution in [2.75, 3.05) is 26.9 Å². The highest BCUT2D eigenvalue weighted by Crippen LogP contribution is 2.42. The average molecular weight is 607 g/mol. The Morgan fingerprint density at radius 3 is 2.09 bits per heavy atom. The smallest absolute Gasteiger partial charge is 0.305 e. The van der Waals surface area contributed by atoms with Gasteiger partial charge >= 0.3 is 5.97 Å². The van der Waals surface area contributed by atoms with Crippen molar-refractivity contribution in [1.29, 1.82) is 0 Å². The second kappa shape index (κ2) is 20.0. The van der Waals surface area contributed by atoms with Crippen LogP contribution in [-0.2, 0) is 38.0 Å². The van der Waals surface area contributed by atoms with E-state index in [2.05, 4.69) is 31.2 Å². The number of hydrogen-bond acceptors (Lipinski definition) is 8. The summed E-state index contributed by atoms with van der Waals surface area (Å²) in [6.07, 6.45) is 25.3. The summed E-state index contributed by atoms with van der Waals surface area (Å²) < 4.78 is 42.8. The highest BCUT2D eigenvalue weighted by molar-refractivity contribution is 5.69. The molecule has 8 nitrogen and oxygen atoms in total. The number of methoxy groups -OCH3 is 1. The lowest BCUT2D eigenvalue weighted by Gasteiger charge is -2.30. The van der Waals surface area contributed by atoms with Gasteiger partial charge in [0.25, 0.3) is 0 Å². The van der Waals surface area contributed by atoms with E-state index in [-0.39, 0.29) is 55.0 Å². The van der Waals surface area contributed by atoms with E-state index in [9.17, 15) is 4.79 Å². The van der Waals surface area contributed by atoms with E-state index in [1.165, 1.54) is 20.0 Å². The first-order chi connectivity index (χ1) is 21.2. The van der Waals surface area contributed by atoms with Crippen LogP contribution in [0.3, 0.4) is 0 Å². The van der Waals surface area contributed by atoms with Gasteiger partial charge in [0.2, 0.25) is 0 Å². The molecule has 4 rings (SSSR count). The van der Waals surface area contributed by atoms with E-state index in [0.717, 1.165) is 103 Å². The number of carbonyl (C=O) groups excluding carboxylic acids is 1. The van der Waals surface area contributed by atoms with Crippen molar-refractivity contribution >= 4 is 5.97 Å². The summed E-state index contributed by atoms with van der Waals surface area (Å²) in [7, 11) is 1.44. The number of ether oxygens (including phenoxy) is 7. The highest BCUT2D eigenvalue weighted by Gasteiger charge is 2.45. The van der Waals surface area contributed by atoms with Crippen LogP contribution in [0.25, 0.3) is 0 Å². The molecule has 43 heavy (non-hydrogen) atoms. The van der Waals surface area contributed by atoms with Crippen LogP contribution in [0.5, 0.6) is 0 Å². The maximum Gasteiger partial charge on any atom is 0.305 e. The van der Waals surface area contributed by atoms with Gasteiger partial charge in [-0.1, -0.05) is 50.5 Å². The number of unbranched alkanes of at least 4 members (excludes halogenated alkanes) is 2. The zero-order valence-corrected chi connectivity index (χ0v) is 26.8. The van der Waals surface area contributed by atoms with Crippen molar-refractivity contribution < 1.29 is 38.0 Å². The maximum absolute atomic E-state index is 11.6. The fourth-order valence-electron chi connectivity index (χ4n) is 6.73. The first-order valence-corrected chi connectivity index (χ1v) is 17.4. The quantitative estimate of drug-likeness (QED) is 0.0963. The summed E-state index contributed by atoms with van der Waals surface area (Å²) in [6.45, 7) is 4.54. The molecule has 246 valence electrons. The van der Waals surface area contributed by atoms with Gasteiger partial charge in [0.15, 0.2) is 18.9 Å². The molecule has 1 aliphatic carbocycles. The minimum absolute atomic E-state index is 0.0105. The van der Waals surface area contributed by atoms with Crippen molar-refractivity contribution in [3.63, 3.8) is 0 Å². The van der Waals surface area contributed by atoms with Crippen LogP contribution in [0, 0.1) is 11.8 Å².